The lowest BCUT2D eigenvalue weighted by atomic mass is 10.2. The fourth-order valence-corrected chi connectivity index (χ4v) is 2.45. The SMILES string of the molecule is Cc1cccc(OCC(O)CN2CC(C)OCC2C)c1. The molecule has 1 fully saturated rings. The average molecular weight is 279 g/mol. The molecule has 1 aliphatic heterocycles. The van der Waals surface area contributed by atoms with Crippen molar-refractivity contribution in [1.29, 1.82) is 0 Å². The highest BCUT2D eigenvalue weighted by molar-refractivity contribution is 5.27. The summed E-state index contributed by atoms with van der Waals surface area (Å²) in [5, 5.41) is 10.1. The van der Waals surface area contributed by atoms with Gasteiger partial charge in [0.25, 0.3) is 0 Å². The number of β-amino-alcohol motifs (C(OH)–C–C–N with tert-alkyl or cyclic N) is 1. The van der Waals surface area contributed by atoms with Gasteiger partial charge in [0.1, 0.15) is 18.5 Å². The van der Waals surface area contributed by atoms with Crippen molar-refractivity contribution in [3.63, 3.8) is 0 Å². The molecule has 0 radical (unpaired) electrons. The van der Waals surface area contributed by atoms with E-state index in [1.54, 1.807) is 0 Å². The number of hydrogen-bond donors (Lipinski definition) is 1. The molecule has 4 nitrogen and oxygen atoms in total. The van der Waals surface area contributed by atoms with Gasteiger partial charge < -0.3 is 14.6 Å². The van der Waals surface area contributed by atoms with Crippen LogP contribution in [0.15, 0.2) is 24.3 Å². The van der Waals surface area contributed by atoms with Crippen molar-refractivity contribution in [1.82, 2.24) is 4.90 Å². The van der Waals surface area contributed by atoms with Gasteiger partial charge in [0.2, 0.25) is 0 Å². The molecule has 1 heterocycles. The standard InChI is InChI=1S/C16H25NO3/c1-12-5-4-6-16(7-12)20-11-15(18)9-17-8-14(3)19-10-13(17)2/h4-7,13-15,18H,8-11H2,1-3H3. The van der Waals surface area contributed by atoms with Gasteiger partial charge in [0, 0.05) is 19.1 Å². The van der Waals surface area contributed by atoms with E-state index in [0.717, 1.165) is 24.5 Å². The Hall–Kier alpha value is -1.10. The summed E-state index contributed by atoms with van der Waals surface area (Å²) in [6.07, 6.45) is -0.251. The largest absolute Gasteiger partial charge is 0.491 e. The lowest BCUT2D eigenvalue weighted by Crippen LogP contribution is -2.50. The van der Waals surface area contributed by atoms with Crippen LogP contribution in [-0.4, -0.2) is 54.6 Å². The summed E-state index contributed by atoms with van der Waals surface area (Å²) in [6.45, 7) is 8.76. The first kappa shape index (κ1) is 15.3. The maximum absolute atomic E-state index is 10.1. The predicted molar refractivity (Wildman–Crippen MR) is 79.1 cm³/mol. The second-order valence-corrected chi connectivity index (χ2v) is 5.73. The topological polar surface area (TPSA) is 41.9 Å². The number of rotatable bonds is 5. The molecule has 1 saturated heterocycles. The Morgan fingerprint density at radius 3 is 3.00 bits per heavy atom. The molecule has 4 heteroatoms. The van der Waals surface area contributed by atoms with Gasteiger partial charge in [-0.2, -0.15) is 0 Å². The van der Waals surface area contributed by atoms with Crippen LogP contribution in [0.5, 0.6) is 5.75 Å². The first-order valence-electron chi connectivity index (χ1n) is 7.28. The normalized spacial score (nSPS) is 25.4. The van der Waals surface area contributed by atoms with Gasteiger partial charge in [-0.3, -0.25) is 4.90 Å². The molecule has 0 spiro atoms. The molecule has 3 atom stereocenters. The molecule has 0 aliphatic carbocycles. The highest BCUT2D eigenvalue weighted by Gasteiger charge is 2.25. The molecular weight excluding hydrogens is 254 g/mol. The molecule has 0 amide bonds. The molecule has 0 saturated carbocycles. The van der Waals surface area contributed by atoms with E-state index in [0.29, 0.717) is 19.2 Å². The number of hydrogen-bond acceptors (Lipinski definition) is 4. The second-order valence-electron chi connectivity index (χ2n) is 5.73. The molecule has 1 aliphatic rings. The van der Waals surface area contributed by atoms with E-state index in [1.165, 1.54) is 0 Å². The number of aliphatic hydroxyl groups is 1. The minimum atomic E-state index is -0.483. The van der Waals surface area contributed by atoms with Gasteiger partial charge in [0.05, 0.1) is 12.7 Å². The minimum Gasteiger partial charge on any atom is -0.491 e. The van der Waals surface area contributed by atoms with Crippen LogP contribution in [0.3, 0.4) is 0 Å². The van der Waals surface area contributed by atoms with Crippen LogP contribution in [0.2, 0.25) is 0 Å². The van der Waals surface area contributed by atoms with Crippen LogP contribution in [0.4, 0.5) is 0 Å². The molecule has 0 bridgehead atoms. The van der Waals surface area contributed by atoms with Gasteiger partial charge >= 0.3 is 0 Å². The predicted octanol–water partition coefficient (Wildman–Crippen LogP) is 1.84. The second kappa shape index (κ2) is 7.07. The van der Waals surface area contributed by atoms with Crippen molar-refractivity contribution in [3.05, 3.63) is 29.8 Å². The van der Waals surface area contributed by atoms with E-state index in [4.69, 9.17) is 9.47 Å². The maximum Gasteiger partial charge on any atom is 0.119 e. The lowest BCUT2D eigenvalue weighted by molar-refractivity contribution is -0.0650. The molecule has 1 aromatic rings. The summed E-state index contributed by atoms with van der Waals surface area (Å²) in [5.74, 6) is 0.812. The zero-order valence-corrected chi connectivity index (χ0v) is 12.6. The number of benzene rings is 1. The molecule has 1 aromatic carbocycles. The van der Waals surface area contributed by atoms with Gasteiger partial charge in [0.15, 0.2) is 0 Å². The van der Waals surface area contributed by atoms with Crippen molar-refractivity contribution >= 4 is 0 Å². The molecule has 3 unspecified atom stereocenters. The maximum atomic E-state index is 10.1. The van der Waals surface area contributed by atoms with Gasteiger partial charge in [-0.15, -0.1) is 0 Å². The van der Waals surface area contributed by atoms with E-state index in [2.05, 4.69) is 18.7 Å². The van der Waals surface area contributed by atoms with Crippen molar-refractivity contribution in [3.8, 4) is 5.75 Å². The Kier molecular flexibility index (Phi) is 5.40. The number of nitrogens with zero attached hydrogens (tertiary/aromatic N) is 1. The molecular formula is C16H25NO3. The summed E-state index contributed by atoms with van der Waals surface area (Å²) >= 11 is 0. The summed E-state index contributed by atoms with van der Waals surface area (Å²) in [4.78, 5) is 2.26. The van der Waals surface area contributed by atoms with Crippen LogP contribution < -0.4 is 4.74 Å². The number of ether oxygens (including phenoxy) is 2. The summed E-state index contributed by atoms with van der Waals surface area (Å²) < 4.78 is 11.2. The molecule has 2 rings (SSSR count). The number of aryl methyl sites for hydroxylation is 1. The third-order valence-corrected chi connectivity index (χ3v) is 3.61. The first-order chi connectivity index (χ1) is 9.54. The minimum absolute atomic E-state index is 0.232. The first-order valence-corrected chi connectivity index (χ1v) is 7.28. The van der Waals surface area contributed by atoms with Crippen LogP contribution in [0, 0.1) is 6.92 Å². The van der Waals surface area contributed by atoms with Crippen molar-refractivity contribution in [2.24, 2.45) is 0 Å². The Morgan fingerprint density at radius 2 is 2.25 bits per heavy atom. The van der Waals surface area contributed by atoms with Crippen molar-refractivity contribution in [2.75, 3.05) is 26.3 Å². The smallest absolute Gasteiger partial charge is 0.119 e. The van der Waals surface area contributed by atoms with Crippen molar-refractivity contribution < 1.29 is 14.6 Å². The molecule has 20 heavy (non-hydrogen) atoms. The van der Waals surface area contributed by atoms with Crippen LogP contribution in [0.1, 0.15) is 19.4 Å². The number of aliphatic hydroxyl groups excluding tert-OH is 1. The Bertz CT molecular complexity index is 424. The summed E-state index contributed by atoms with van der Waals surface area (Å²) in [6, 6.07) is 8.23. The average Bonchev–Trinajstić information content (AvgIpc) is 2.41. The van der Waals surface area contributed by atoms with Crippen LogP contribution >= 0.6 is 0 Å². The highest BCUT2D eigenvalue weighted by atomic mass is 16.5. The Balaban J connectivity index is 1.78. The van der Waals surface area contributed by atoms with E-state index in [1.807, 2.05) is 31.2 Å². The fraction of sp³-hybridized carbons (Fsp3) is 0.625. The van der Waals surface area contributed by atoms with Gasteiger partial charge in [-0.1, -0.05) is 12.1 Å². The number of morpholine rings is 1. The van der Waals surface area contributed by atoms with E-state index in [-0.39, 0.29) is 6.10 Å². The van der Waals surface area contributed by atoms with Gasteiger partial charge in [-0.25, -0.2) is 0 Å². The van der Waals surface area contributed by atoms with Crippen molar-refractivity contribution in [2.45, 2.75) is 39.0 Å². The van der Waals surface area contributed by atoms with Gasteiger partial charge in [-0.05, 0) is 38.5 Å². The van der Waals surface area contributed by atoms with E-state index < -0.39 is 6.10 Å². The third kappa shape index (κ3) is 4.47. The van der Waals surface area contributed by atoms with E-state index >= 15 is 0 Å². The lowest BCUT2D eigenvalue weighted by Gasteiger charge is -2.37. The molecule has 0 aromatic heterocycles. The Labute approximate surface area is 121 Å². The van der Waals surface area contributed by atoms with E-state index in [9.17, 15) is 5.11 Å². The highest BCUT2D eigenvalue weighted by Crippen LogP contribution is 2.14. The monoisotopic (exact) mass is 279 g/mol. The van der Waals surface area contributed by atoms with Crippen LogP contribution in [0.25, 0.3) is 0 Å². The summed E-state index contributed by atoms with van der Waals surface area (Å²) in [5.41, 5.74) is 1.16. The Morgan fingerprint density at radius 1 is 1.45 bits per heavy atom. The zero-order valence-electron chi connectivity index (χ0n) is 12.6. The molecule has 112 valence electrons. The quantitative estimate of drug-likeness (QED) is 0.893. The zero-order chi connectivity index (χ0) is 14.5. The molecule has 1 N–H and O–H groups in total. The van der Waals surface area contributed by atoms with Crippen LogP contribution in [-0.2, 0) is 4.74 Å². The fourth-order valence-electron chi connectivity index (χ4n) is 2.45. The third-order valence-electron chi connectivity index (χ3n) is 3.61. The summed E-state index contributed by atoms with van der Waals surface area (Å²) in [7, 11) is 0.